The van der Waals surface area contributed by atoms with E-state index in [1.54, 1.807) is 0 Å². The van der Waals surface area contributed by atoms with E-state index < -0.39 is 0 Å². The molecule has 2 nitrogen and oxygen atoms in total. The second-order valence-corrected chi connectivity index (χ2v) is 3.65. The minimum atomic E-state index is -0.120. The van der Waals surface area contributed by atoms with Crippen LogP contribution < -0.4 is 5.32 Å². The smallest absolute Gasteiger partial charge is 0.235 e. The average molecular weight is 199 g/mol. The van der Waals surface area contributed by atoms with E-state index in [2.05, 4.69) is 5.32 Å². The van der Waals surface area contributed by atoms with E-state index in [9.17, 15) is 4.79 Å². The Balaban J connectivity index is 2.05. The summed E-state index contributed by atoms with van der Waals surface area (Å²) in [5.74, 6) is -0.101. The first-order valence-corrected chi connectivity index (χ1v) is 4.98. The predicted molar refractivity (Wildman–Crippen MR) is 61.6 cm³/mol. The third-order valence-corrected chi connectivity index (χ3v) is 2.34. The zero-order chi connectivity index (χ0) is 10.7. The van der Waals surface area contributed by atoms with E-state index in [0.29, 0.717) is 0 Å². The first-order chi connectivity index (χ1) is 7.25. The van der Waals surface area contributed by atoms with Crippen LogP contribution in [0.5, 0.6) is 0 Å². The number of amides is 1. The summed E-state index contributed by atoms with van der Waals surface area (Å²) in [7, 11) is 0. The zero-order valence-corrected chi connectivity index (χ0v) is 8.60. The number of carbonyl (C=O) groups excluding carboxylic acids is 1. The fourth-order valence-corrected chi connectivity index (χ4v) is 1.56. The van der Waals surface area contributed by atoms with Gasteiger partial charge in [0.1, 0.15) is 0 Å². The Labute approximate surface area is 89.3 Å². The molecule has 1 aliphatic carbocycles. The molecule has 2 heteroatoms. The van der Waals surface area contributed by atoms with Crippen molar-refractivity contribution < 1.29 is 4.79 Å². The van der Waals surface area contributed by atoms with Gasteiger partial charge in [0.15, 0.2) is 0 Å². The van der Waals surface area contributed by atoms with Crippen molar-refractivity contribution in [3.05, 3.63) is 54.1 Å². The highest BCUT2D eigenvalue weighted by Gasteiger charge is 2.13. The monoisotopic (exact) mass is 199 g/mol. The summed E-state index contributed by atoms with van der Waals surface area (Å²) in [5, 5.41) is 2.88. The lowest BCUT2D eigenvalue weighted by molar-refractivity contribution is -0.117. The van der Waals surface area contributed by atoms with E-state index >= 15 is 0 Å². The van der Waals surface area contributed by atoms with Gasteiger partial charge >= 0.3 is 0 Å². The molecule has 0 heterocycles. The maximum Gasteiger partial charge on any atom is 0.235 e. The molecule has 1 aromatic carbocycles. The fourth-order valence-electron chi connectivity index (χ4n) is 1.56. The summed E-state index contributed by atoms with van der Waals surface area (Å²) in [6, 6.07) is 7.80. The quantitative estimate of drug-likeness (QED) is 0.779. The number of rotatable bonds is 2. The minimum Gasteiger partial charge on any atom is -0.325 e. The van der Waals surface area contributed by atoms with Crippen LogP contribution in [0.15, 0.2) is 48.6 Å². The van der Waals surface area contributed by atoms with Gasteiger partial charge < -0.3 is 5.32 Å². The Bertz CT molecular complexity index is 420. The van der Waals surface area contributed by atoms with E-state index in [1.165, 1.54) is 0 Å². The highest BCUT2D eigenvalue weighted by atomic mass is 16.1. The number of benzene rings is 1. The summed E-state index contributed by atoms with van der Waals surface area (Å²) in [5.41, 5.74) is 2.00. The molecule has 0 bridgehead atoms. The lowest BCUT2D eigenvalue weighted by Crippen LogP contribution is -2.18. The molecule has 0 aliphatic heterocycles. The van der Waals surface area contributed by atoms with Crippen LogP contribution in [-0.2, 0) is 4.79 Å². The molecule has 0 aromatic heterocycles. The van der Waals surface area contributed by atoms with Gasteiger partial charge in [-0.1, -0.05) is 36.4 Å². The molecule has 0 fully saturated rings. The Morgan fingerprint density at radius 3 is 2.67 bits per heavy atom. The fraction of sp³-hybridized carbons (Fsp3) is 0.154. The highest BCUT2D eigenvalue weighted by molar-refractivity contribution is 5.95. The van der Waals surface area contributed by atoms with Crippen molar-refractivity contribution >= 4 is 11.6 Å². The summed E-state index contributed by atoms with van der Waals surface area (Å²) in [6.07, 6.45) is 7.54. The van der Waals surface area contributed by atoms with Crippen molar-refractivity contribution in [2.24, 2.45) is 5.92 Å². The molecule has 0 saturated heterocycles. The van der Waals surface area contributed by atoms with Crippen LogP contribution in [0.1, 0.15) is 5.56 Å². The molecule has 0 saturated carbocycles. The number of hydrogen-bond acceptors (Lipinski definition) is 1. The van der Waals surface area contributed by atoms with E-state index in [0.717, 1.165) is 11.3 Å². The predicted octanol–water partition coefficient (Wildman–Crippen LogP) is 2.68. The Hall–Kier alpha value is -1.83. The Kier molecular flexibility index (Phi) is 2.68. The highest BCUT2D eigenvalue weighted by Crippen LogP contribution is 2.14. The van der Waals surface area contributed by atoms with Crippen molar-refractivity contribution in [3.63, 3.8) is 0 Å². The molecule has 0 spiro atoms. The molecule has 1 N–H and O–H groups in total. The van der Waals surface area contributed by atoms with Crippen LogP contribution in [0, 0.1) is 12.8 Å². The third kappa shape index (κ3) is 2.34. The molecular weight excluding hydrogens is 186 g/mol. The molecule has 2 rings (SSSR count). The van der Waals surface area contributed by atoms with Crippen LogP contribution in [0.3, 0.4) is 0 Å². The summed E-state index contributed by atoms with van der Waals surface area (Å²) in [4.78, 5) is 11.7. The van der Waals surface area contributed by atoms with Gasteiger partial charge in [-0.3, -0.25) is 4.79 Å². The molecule has 0 unspecified atom stereocenters. The van der Waals surface area contributed by atoms with Gasteiger partial charge in [-0.15, -0.1) is 0 Å². The van der Waals surface area contributed by atoms with Crippen molar-refractivity contribution in [2.75, 3.05) is 5.32 Å². The van der Waals surface area contributed by atoms with Crippen molar-refractivity contribution in [3.8, 4) is 0 Å². The molecule has 1 amide bonds. The Morgan fingerprint density at radius 1 is 1.27 bits per heavy atom. The van der Waals surface area contributed by atoms with Crippen LogP contribution in [0.4, 0.5) is 5.69 Å². The van der Waals surface area contributed by atoms with Crippen LogP contribution in [0.25, 0.3) is 0 Å². The van der Waals surface area contributed by atoms with Crippen molar-refractivity contribution in [1.82, 2.24) is 0 Å². The summed E-state index contributed by atoms with van der Waals surface area (Å²) < 4.78 is 0. The number of allylic oxidation sites excluding steroid dienone is 2. The minimum absolute atomic E-state index is 0.0191. The van der Waals surface area contributed by atoms with Crippen molar-refractivity contribution in [2.45, 2.75) is 6.92 Å². The first kappa shape index (κ1) is 9.71. The van der Waals surface area contributed by atoms with Crippen LogP contribution >= 0.6 is 0 Å². The maximum absolute atomic E-state index is 11.7. The molecular formula is C13H13NO. The van der Waals surface area contributed by atoms with Crippen LogP contribution in [0.2, 0.25) is 0 Å². The topological polar surface area (TPSA) is 29.1 Å². The summed E-state index contributed by atoms with van der Waals surface area (Å²) >= 11 is 0. The molecule has 76 valence electrons. The maximum atomic E-state index is 11.7. The zero-order valence-electron chi connectivity index (χ0n) is 8.60. The molecule has 1 aromatic rings. The SMILES string of the molecule is Cc1cccc(NC(=O)C2C=CC=C2)c1. The van der Waals surface area contributed by atoms with Gasteiger partial charge in [-0.2, -0.15) is 0 Å². The Morgan fingerprint density at radius 2 is 2.00 bits per heavy atom. The van der Waals surface area contributed by atoms with Crippen LogP contribution in [-0.4, -0.2) is 5.91 Å². The van der Waals surface area contributed by atoms with Gasteiger partial charge in [0.25, 0.3) is 0 Å². The summed E-state index contributed by atoms with van der Waals surface area (Å²) in [6.45, 7) is 2.00. The molecule has 0 radical (unpaired) electrons. The normalized spacial score (nSPS) is 14.5. The van der Waals surface area contributed by atoms with Gasteiger partial charge in [-0.05, 0) is 24.6 Å². The average Bonchev–Trinajstić information content (AvgIpc) is 2.70. The number of anilines is 1. The first-order valence-electron chi connectivity index (χ1n) is 4.98. The van der Waals surface area contributed by atoms with E-state index in [1.807, 2.05) is 55.5 Å². The van der Waals surface area contributed by atoms with Crippen molar-refractivity contribution in [1.29, 1.82) is 0 Å². The lowest BCUT2D eigenvalue weighted by Gasteiger charge is -2.08. The molecule has 1 aliphatic rings. The van der Waals surface area contributed by atoms with Gasteiger partial charge in [0.2, 0.25) is 5.91 Å². The molecule has 15 heavy (non-hydrogen) atoms. The third-order valence-electron chi connectivity index (χ3n) is 2.34. The van der Waals surface area contributed by atoms with Gasteiger partial charge in [0.05, 0.1) is 5.92 Å². The van der Waals surface area contributed by atoms with E-state index in [4.69, 9.17) is 0 Å². The van der Waals surface area contributed by atoms with Gasteiger partial charge in [-0.25, -0.2) is 0 Å². The second-order valence-electron chi connectivity index (χ2n) is 3.65. The molecule has 0 atom stereocenters. The second kappa shape index (κ2) is 4.13. The number of hydrogen-bond donors (Lipinski definition) is 1. The van der Waals surface area contributed by atoms with Gasteiger partial charge in [0, 0.05) is 5.69 Å². The lowest BCUT2D eigenvalue weighted by atomic mass is 10.1. The van der Waals surface area contributed by atoms with E-state index in [-0.39, 0.29) is 11.8 Å². The standard InChI is InChI=1S/C13H13NO/c1-10-5-4-8-12(9-10)14-13(15)11-6-2-3-7-11/h2-9,11H,1H3,(H,14,15). The number of aryl methyl sites for hydroxylation is 1. The number of carbonyl (C=O) groups is 1. The largest absolute Gasteiger partial charge is 0.325 e. The number of nitrogens with one attached hydrogen (secondary N) is 1.